The predicted molar refractivity (Wildman–Crippen MR) is 55.9 cm³/mol. The van der Waals surface area contributed by atoms with Crippen LogP contribution in [-0.2, 0) is 0 Å². The summed E-state index contributed by atoms with van der Waals surface area (Å²) in [7, 11) is 0. The zero-order valence-corrected chi connectivity index (χ0v) is 8.50. The van der Waals surface area contributed by atoms with Gasteiger partial charge in [0.25, 0.3) is 0 Å². The number of H-pyrrole nitrogens is 1. The smallest absolute Gasteiger partial charge is 0.135 e. The van der Waals surface area contributed by atoms with E-state index in [1.807, 2.05) is 0 Å². The third kappa shape index (κ3) is 1.41. The van der Waals surface area contributed by atoms with E-state index in [1.54, 1.807) is 6.20 Å². The summed E-state index contributed by atoms with van der Waals surface area (Å²) < 4.78 is 27.2. The Morgan fingerprint density at radius 2 is 1.88 bits per heavy atom. The van der Waals surface area contributed by atoms with Crippen LogP contribution < -0.4 is 0 Å². The van der Waals surface area contributed by atoms with E-state index in [0.29, 0.717) is 11.6 Å². The minimum atomic E-state index is -0.550. The predicted octanol–water partition coefficient (Wildman–Crippen LogP) is 3.23. The summed E-state index contributed by atoms with van der Waals surface area (Å²) in [4.78, 5) is 0. The molecule has 2 nitrogen and oxygen atoms in total. The molecule has 1 aromatic heterocycles. The number of halogens is 2. The van der Waals surface area contributed by atoms with Crippen molar-refractivity contribution in [2.75, 3.05) is 0 Å². The highest BCUT2D eigenvalue weighted by molar-refractivity contribution is 5.65. The van der Waals surface area contributed by atoms with Gasteiger partial charge in [-0.25, -0.2) is 8.78 Å². The van der Waals surface area contributed by atoms with Crippen LogP contribution in [0, 0.1) is 11.6 Å². The quantitative estimate of drug-likeness (QED) is 0.826. The fourth-order valence-corrected chi connectivity index (χ4v) is 1.94. The molecular formula is C12H10F2N2. The number of nitrogens with zero attached hydrogens (tertiary/aromatic N) is 1. The maximum atomic E-state index is 13.6. The van der Waals surface area contributed by atoms with Crippen molar-refractivity contribution in [2.45, 2.75) is 18.8 Å². The summed E-state index contributed by atoms with van der Waals surface area (Å²) in [6, 6.07) is 3.88. The molecule has 1 N–H and O–H groups in total. The van der Waals surface area contributed by atoms with Crippen LogP contribution in [0.3, 0.4) is 0 Å². The van der Waals surface area contributed by atoms with Crippen molar-refractivity contribution in [3.8, 4) is 11.3 Å². The second kappa shape index (κ2) is 3.40. The Labute approximate surface area is 91.3 Å². The molecule has 0 amide bonds. The normalized spacial score (nSPS) is 15.4. The van der Waals surface area contributed by atoms with Gasteiger partial charge in [0, 0.05) is 5.56 Å². The lowest BCUT2D eigenvalue weighted by Crippen LogP contribution is -1.92. The molecule has 3 rings (SSSR count). The Morgan fingerprint density at radius 3 is 2.50 bits per heavy atom. The van der Waals surface area contributed by atoms with Crippen molar-refractivity contribution in [1.29, 1.82) is 0 Å². The summed E-state index contributed by atoms with van der Waals surface area (Å²) >= 11 is 0. The van der Waals surface area contributed by atoms with Gasteiger partial charge in [-0.15, -0.1) is 0 Å². The van der Waals surface area contributed by atoms with Gasteiger partial charge < -0.3 is 0 Å². The highest BCUT2D eigenvalue weighted by atomic mass is 19.1. The van der Waals surface area contributed by atoms with E-state index in [-0.39, 0.29) is 5.56 Å². The number of hydrogen-bond donors (Lipinski definition) is 1. The average molecular weight is 220 g/mol. The van der Waals surface area contributed by atoms with Crippen LogP contribution >= 0.6 is 0 Å². The highest BCUT2D eigenvalue weighted by Gasteiger charge is 2.29. The van der Waals surface area contributed by atoms with Gasteiger partial charge in [-0.3, -0.25) is 5.10 Å². The summed E-state index contributed by atoms with van der Waals surface area (Å²) in [5.41, 5.74) is 1.41. The number of nitrogens with one attached hydrogen (secondary N) is 1. The van der Waals surface area contributed by atoms with Crippen LogP contribution in [0.2, 0.25) is 0 Å². The molecule has 0 atom stereocenters. The topological polar surface area (TPSA) is 28.7 Å². The highest BCUT2D eigenvalue weighted by Crippen LogP contribution is 2.44. The minimum absolute atomic E-state index is 0.00176. The van der Waals surface area contributed by atoms with Crippen molar-refractivity contribution >= 4 is 0 Å². The van der Waals surface area contributed by atoms with E-state index in [2.05, 4.69) is 10.2 Å². The summed E-state index contributed by atoms with van der Waals surface area (Å²) in [6.45, 7) is 0. The van der Waals surface area contributed by atoms with Gasteiger partial charge in [0.1, 0.15) is 11.6 Å². The first-order chi connectivity index (χ1) is 7.77. The maximum absolute atomic E-state index is 13.6. The molecule has 1 aliphatic rings. The van der Waals surface area contributed by atoms with Crippen molar-refractivity contribution in [3.63, 3.8) is 0 Å². The van der Waals surface area contributed by atoms with Gasteiger partial charge >= 0.3 is 0 Å². The fraction of sp³-hybridized carbons (Fsp3) is 0.250. The van der Waals surface area contributed by atoms with Crippen LogP contribution in [0.5, 0.6) is 0 Å². The minimum Gasteiger partial charge on any atom is -0.277 e. The standard InChI is InChI=1S/C12H10F2N2/c13-9-2-1-3-10(14)11(9)12-8(6-15-16-12)7-4-5-7/h1-3,6-7H,4-5H2,(H,15,16). The summed E-state index contributed by atoms with van der Waals surface area (Å²) in [5.74, 6) is -0.690. The Balaban J connectivity index is 2.17. The molecule has 1 fully saturated rings. The molecule has 1 aromatic carbocycles. The second-order valence-corrected chi connectivity index (χ2v) is 4.07. The largest absolute Gasteiger partial charge is 0.277 e. The molecule has 0 bridgehead atoms. The Morgan fingerprint density at radius 1 is 1.19 bits per heavy atom. The van der Waals surface area contributed by atoms with E-state index in [1.165, 1.54) is 18.2 Å². The van der Waals surface area contributed by atoms with Gasteiger partial charge in [0.05, 0.1) is 17.5 Å². The number of aromatic nitrogens is 2. The molecule has 0 spiro atoms. The molecular weight excluding hydrogens is 210 g/mol. The number of hydrogen-bond acceptors (Lipinski definition) is 1. The lowest BCUT2D eigenvalue weighted by Gasteiger charge is -2.04. The Hall–Kier alpha value is -1.71. The van der Waals surface area contributed by atoms with Gasteiger partial charge in [-0.2, -0.15) is 5.10 Å². The van der Waals surface area contributed by atoms with Gasteiger partial charge in [-0.05, 0) is 30.9 Å². The number of benzene rings is 1. The summed E-state index contributed by atoms with van der Waals surface area (Å²) in [5, 5.41) is 6.58. The number of aromatic amines is 1. The van der Waals surface area contributed by atoms with Crippen molar-refractivity contribution in [3.05, 3.63) is 41.6 Å². The molecule has 16 heavy (non-hydrogen) atoms. The van der Waals surface area contributed by atoms with Crippen LogP contribution in [0.4, 0.5) is 8.78 Å². The monoisotopic (exact) mass is 220 g/mol. The van der Waals surface area contributed by atoms with Crippen LogP contribution in [0.15, 0.2) is 24.4 Å². The zero-order valence-electron chi connectivity index (χ0n) is 8.50. The Kier molecular flexibility index (Phi) is 2.02. The molecule has 4 heteroatoms. The third-order valence-corrected chi connectivity index (χ3v) is 2.90. The molecule has 82 valence electrons. The van der Waals surface area contributed by atoms with Crippen LogP contribution in [0.25, 0.3) is 11.3 Å². The van der Waals surface area contributed by atoms with Gasteiger partial charge in [-0.1, -0.05) is 6.07 Å². The van der Waals surface area contributed by atoms with Gasteiger partial charge in [0.15, 0.2) is 0 Å². The van der Waals surface area contributed by atoms with Gasteiger partial charge in [0.2, 0.25) is 0 Å². The van der Waals surface area contributed by atoms with E-state index in [9.17, 15) is 8.78 Å². The van der Waals surface area contributed by atoms with Crippen molar-refractivity contribution in [2.24, 2.45) is 0 Å². The summed E-state index contributed by atoms with van der Waals surface area (Å²) in [6.07, 6.45) is 3.81. The molecule has 0 aliphatic heterocycles. The third-order valence-electron chi connectivity index (χ3n) is 2.90. The van der Waals surface area contributed by atoms with Crippen molar-refractivity contribution in [1.82, 2.24) is 10.2 Å². The molecule has 2 aromatic rings. The van der Waals surface area contributed by atoms with Crippen LogP contribution in [-0.4, -0.2) is 10.2 Å². The first-order valence-electron chi connectivity index (χ1n) is 5.25. The molecule has 1 saturated carbocycles. The van der Waals surface area contributed by atoms with Crippen LogP contribution in [0.1, 0.15) is 24.3 Å². The Bertz CT molecular complexity index is 509. The zero-order chi connectivity index (χ0) is 11.1. The van der Waals surface area contributed by atoms with E-state index in [4.69, 9.17) is 0 Å². The van der Waals surface area contributed by atoms with E-state index in [0.717, 1.165) is 18.4 Å². The van der Waals surface area contributed by atoms with E-state index < -0.39 is 11.6 Å². The lowest BCUT2D eigenvalue weighted by molar-refractivity contribution is 0.588. The van der Waals surface area contributed by atoms with Crippen molar-refractivity contribution < 1.29 is 8.78 Å². The van der Waals surface area contributed by atoms with E-state index >= 15 is 0 Å². The first kappa shape index (κ1) is 9.51. The maximum Gasteiger partial charge on any atom is 0.135 e. The molecule has 0 unspecified atom stereocenters. The second-order valence-electron chi connectivity index (χ2n) is 4.07. The molecule has 1 heterocycles. The number of rotatable bonds is 2. The molecule has 0 saturated heterocycles. The molecule has 0 radical (unpaired) electrons. The first-order valence-corrected chi connectivity index (χ1v) is 5.25. The molecule has 1 aliphatic carbocycles. The average Bonchev–Trinajstić information content (AvgIpc) is 2.99. The lowest BCUT2D eigenvalue weighted by atomic mass is 10.0. The SMILES string of the molecule is Fc1cccc(F)c1-c1[nH]ncc1C1CC1. The fourth-order valence-electron chi connectivity index (χ4n) is 1.94.